The molecule has 1 heteroatoms. The van der Waals surface area contributed by atoms with Crippen LogP contribution in [0.3, 0.4) is 0 Å². The van der Waals surface area contributed by atoms with E-state index in [9.17, 15) is 0 Å². The largest absolute Gasteiger partial charge is 0.310 e. The molecule has 2 aliphatic carbocycles. The van der Waals surface area contributed by atoms with Crippen LogP contribution in [-0.4, -0.2) is 0 Å². The van der Waals surface area contributed by atoms with Crippen molar-refractivity contribution < 1.29 is 0 Å². The molecule has 0 saturated carbocycles. The van der Waals surface area contributed by atoms with E-state index >= 15 is 0 Å². The average Bonchev–Trinajstić information content (AvgIpc) is 3.73. The van der Waals surface area contributed by atoms with E-state index in [-0.39, 0.29) is 5.41 Å². The lowest BCUT2D eigenvalue weighted by Crippen LogP contribution is -2.28. The maximum Gasteiger partial charge on any atom is 0.0713 e. The average molecular weight is 754 g/mol. The summed E-state index contributed by atoms with van der Waals surface area (Å²) in [5.74, 6) is 0. The zero-order valence-electron chi connectivity index (χ0n) is 33.3. The van der Waals surface area contributed by atoms with Gasteiger partial charge in [-0.15, -0.1) is 0 Å². The van der Waals surface area contributed by atoms with E-state index in [4.69, 9.17) is 0 Å². The highest BCUT2D eigenvalue weighted by molar-refractivity contribution is 5.88. The zero-order valence-corrected chi connectivity index (χ0v) is 33.3. The maximum absolute atomic E-state index is 2.43. The molecule has 0 aliphatic heterocycles. The zero-order chi connectivity index (χ0) is 39.6. The summed E-state index contributed by atoms with van der Waals surface area (Å²) in [5.41, 5.74) is 20.8. The molecule has 11 rings (SSSR count). The summed E-state index contributed by atoms with van der Waals surface area (Å²) in [6, 6.07) is 82.9. The van der Waals surface area contributed by atoms with E-state index in [0.717, 1.165) is 17.1 Å². The van der Waals surface area contributed by atoms with Crippen molar-refractivity contribution >= 4 is 17.1 Å². The molecular formula is C58H43N. The van der Waals surface area contributed by atoms with Crippen molar-refractivity contribution in [3.8, 4) is 44.5 Å². The second-order valence-electron chi connectivity index (χ2n) is 16.5. The fraction of sp³-hybridized carbons (Fsp3) is 0.0690. The topological polar surface area (TPSA) is 3.24 Å². The van der Waals surface area contributed by atoms with Crippen molar-refractivity contribution in [3.05, 3.63) is 258 Å². The van der Waals surface area contributed by atoms with Crippen LogP contribution in [0.2, 0.25) is 0 Å². The summed E-state index contributed by atoms with van der Waals surface area (Å²) < 4.78 is 0. The van der Waals surface area contributed by atoms with Crippen LogP contribution in [0.5, 0.6) is 0 Å². The van der Waals surface area contributed by atoms with Gasteiger partial charge in [-0.05, 0) is 120 Å². The second kappa shape index (κ2) is 13.7. The predicted molar refractivity (Wildman–Crippen MR) is 247 cm³/mol. The van der Waals surface area contributed by atoms with Crippen LogP contribution in [0, 0.1) is 0 Å². The number of benzene rings is 9. The van der Waals surface area contributed by atoms with Gasteiger partial charge in [0.05, 0.1) is 5.41 Å². The molecule has 0 unspecified atom stereocenters. The monoisotopic (exact) mass is 753 g/mol. The van der Waals surface area contributed by atoms with Crippen LogP contribution in [-0.2, 0) is 10.8 Å². The van der Waals surface area contributed by atoms with Gasteiger partial charge in [0.25, 0.3) is 0 Å². The molecule has 0 amide bonds. The van der Waals surface area contributed by atoms with Gasteiger partial charge in [0.2, 0.25) is 0 Å². The number of anilines is 3. The summed E-state index contributed by atoms with van der Waals surface area (Å²) in [6.07, 6.45) is 0. The highest BCUT2D eigenvalue weighted by atomic mass is 15.1. The van der Waals surface area contributed by atoms with Gasteiger partial charge in [0.15, 0.2) is 0 Å². The van der Waals surface area contributed by atoms with Crippen molar-refractivity contribution in [3.63, 3.8) is 0 Å². The van der Waals surface area contributed by atoms with Crippen LogP contribution < -0.4 is 4.90 Å². The molecule has 0 fully saturated rings. The third-order valence-corrected chi connectivity index (χ3v) is 13.0. The molecule has 0 N–H and O–H groups in total. The minimum atomic E-state index is -0.447. The number of hydrogen-bond acceptors (Lipinski definition) is 1. The first-order chi connectivity index (χ1) is 29.0. The molecule has 0 radical (unpaired) electrons. The molecule has 0 aromatic heterocycles. The van der Waals surface area contributed by atoms with E-state index in [1.807, 2.05) is 0 Å². The van der Waals surface area contributed by atoms with Gasteiger partial charge >= 0.3 is 0 Å². The Kier molecular flexibility index (Phi) is 8.13. The van der Waals surface area contributed by atoms with Gasteiger partial charge in [-0.1, -0.05) is 196 Å². The van der Waals surface area contributed by atoms with E-state index in [1.54, 1.807) is 0 Å². The lowest BCUT2D eigenvalue weighted by molar-refractivity contribution is 0.660. The fourth-order valence-corrected chi connectivity index (χ4v) is 10.2. The third kappa shape index (κ3) is 5.46. The van der Waals surface area contributed by atoms with Gasteiger partial charge < -0.3 is 4.90 Å². The molecule has 0 saturated heterocycles. The normalized spacial score (nSPS) is 13.9. The molecule has 9 aromatic carbocycles. The van der Waals surface area contributed by atoms with Crippen molar-refractivity contribution in [2.45, 2.75) is 24.7 Å². The van der Waals surface area contributed by atoms with Crippen LogP contribution >= 0.6 is 0 Å². The Balaban J connectivity index is 1.05. The Morgan fingerprint density at radius 2 is 0.712 bits per heavy atom. The SMILES string of the molecule is CC1(C)c2ccccc2-c2ccc(N(c3ccc(-c4cccc(-c5ccccc5)c4)cc3)c3ccc(C4(c5ccccc5)c5ccccc5-c5ccccc54)cc3)cc21. The summed E-state index contributed by atoms with van der Waals surface area (Å²) >= 11 is 0. The minimum Gasteiger partial charge on any atom is -0.310 e. The first kappa shape index (κ1) is 35.0. The van der Waals surface area contributed by atoms with Crippen LogP contribution in [0.1, 0.15) is 47.2 Å². The second-order valence-corrected chi connectivity index (χ2v) is 16.5. The number of rotatable bonds is 7. The van der Waals surface area contributed by atoms with Crippen molar-refractivity contribution in [1.82, 2.24) is 0 Å². The van der Waals surface area contributed by atoms with E-state index in [1.165, 1.54) is 77.9 Å². The summed E-state index contributed by atoms with van der Waals surface area (Å²) in [6.45, 7) is 4.72. The Morgan fingerprint density at radius 3 is 1.32 bits per heavy atom. The van der Waals surface area contributed by atoms with Crippen LogP contribution in [0.25, 0.3) is 44.5 Å². The fourth-order valence-electron chi connectivity index (χ4n) is 10.2. The standard InChI is InChI=1S/C58H43N/c1-57(2)53-25-12-9-22-49(53)52-37-36-48(39-56(52)57)59(46-32-28-41(29-33-46)43-19-15-18-42(38-43)40-16-5-3-6-17-40)47-34-30-45(31-35-47)58(44-20-7-4-8-21-44)54-26-13-10-23-50(54)51-24-11-14-27-55(51)58/h3-39H,1-2H3. The number of fused-ring (bicyclic) bond motifs is 6. The highest BCUT2D eigenvalue weighted by Gasteiger charge is 2.46. The molecular weight excluding hydrogens is 711 g/mol. The van der Waals surface area contributed by atoms with Gasteiger partial charge in [0.1, 0.15) is 0 Å². The molecule has 1 nitrogen and oxygen atoms in total. The third-order valence-electron chi connectivity index (χ3n) is 13.0. The molecule has 0 heterocycles. The predicted octanol–water partition coefficient (Wildman–Crippen LogP) is 15.2. The van der Waals surface area contributed by atoms with E-state index in [0.29, 0.717) is 0 Å². The summed E-state index contributed by atoms with van der Waals surface area (Å²) in [7, 11) is 0. The molecule has 9 aromatic rings. The number of nitrogens with zero attached hydrogens (tertiary/aromatic N) is 1. The van der Waals surface area contributed by atoms with Gasteiger partial charge in [-0.2, -0.15) is 0 Å². The van der Waals surface area contributed by atoms with Crippen LogP contribution in [0.4, 0.5) is 17.1 Å². The van der Waals surface area contributed by atoms with E-state index in [2.05, 4.69) is 243 Å². The molecule has 280 valence electrons. The Hall–Kier alpha value is -7.22. The number of hydrogen-bond donors (Lipinski definition) is 0. The Labute approximate surface area is 347 Å². The summed E-state index contributed by atoms with van der Waals surface area (Å²) in [4.78, 5) is 2.43. The molecule has 0 bridgehead atoms. The first-order valence-electron chi connectivity index (χ1n) is 20.7. The minimum absolute atomic E-state index is 0.115. The lowest BCUT2D eigenvalue weighted by Gasteiger charge is -2.34. The molecule has 2 aliphatic rings. The van der Waals surface area contributed by atoms with Crippen molar-refractivity contribution in [2.75, 3.05) is 4.90 Å². The van der Waals surface area contributed by atoms with E-state index < -0.39 is 5.41 Å². The Bertz CT molecular complexity index is 2950. The lowest BCUT2D eigenvalue weighted by atomic mass is 9.68. The first-order valence-corrected chi connectivity index (χ1v) is 20.7. The van der Waals surface area contributed by atoms with Gasteiger partial charge in [-0.25, -0.2) is 0 Å². The molecule has 0 atom stereocenters. The van der Waals surface area contributed by atoms with Gasteiger partial charge in [-0.3, -0.25) is 0 Å². The molecule has 59 heavy (non-hydrogen) atoms. The van der Waals surface area contributed by atoms with Crippen LogP contribution in [0.15, 0.2) is 224 Å². The summed E-state index contributed by atoms with van der Waals surface area (Å²) in [5, 5.41) is 0. The van der Waals surface area contributed by atoms with Gasteiger partial charge in [0, 0.05) is 22.5 Å². The quantitative estimate of drug-likeness (QED) is 0.157. The highest BCUT2D eigenvalue weighted by Crippen LogP contribution is 2.56. The Morgan fingerprint density at radius 1 is 0.288 bits per heavy atom. The van der Waals surface area contributed by atoms with Crippen molar-refractivity contribution in [1.29, 1.82) is 0 Å². The smallest absolute Gasteiger partial charge is 0.0713 e. The maximum atomic E-state index is 2.43. The molecule has 0 spiro atoms. The van der Waals surface area contributed by atoms with Crippen molar-refractivity contribution in [2.24, 2.45) is 0 Å².